The first-order valence-corrected chi connectivity index (χ1v) is 11.5. The van der Waals surface area contributed by atoms with Crippen molar-refractivity contribution < 1.29 is 28.9 Å². The van der Waals surface area contributed by atoms with E-state index in [4.69, 9.17) is 19.3 Å². The van der Waals surface area contributed by atoms with Crippen LogP contribution in [0.1, 0.15) is 63.0 Å². The van der Waals surface area contributed by atoms with Crippen LogP contribution in [-0.4, -0.2) is 24.2 Å². The van der Waals surface area contributed by atoms with E-state index in [2.05, 4.69) is 12.1 Å². The molecule has 0 heterocycles. The van der Waals surface area contributed by atoms with Gasteiger partial charge in [0.25, 0.3) is 0 Å². The summed E-state index contributed by atoms with van der Waals surface area (Å²) >= 11 is 0. The minimum atomic E-state index is -0.916. The van der Waals surface area contributed by atoms with Crippen molar-refractivity contribution in [2.24, 2.45) is 0 Å². The molecule has 0 saturated carbocycles. The molecule has 1 N–H and O–H groups in total. The van der Waals surface area contributed by atoms with E-state index in [9.17, 15) is 9.59 Å². The predicted molar refractivity (Wildman–Crippen MR) is 128 cm³/mol. The summed E-state index contributed by atoms with van der Waals surface area (Å²) in [6, 6.07) is 13.3. The van der Waals surface area contributed by atoms with Gasteiger partial charge in [-0.2, -0.15) is 0 Å². The lowest BCUT2D eigenvalue weighted by atomic mass is 10.1. The number of hydrogen-bond acceptors (Lipinski definition) is 5. The van der Waals surface area contributed by atoms with Gasteiger partial charge in [0.15, 0.2) is 0 Å². The molecule has 6 nitrogen and oxygen atoms in total. The molecule has 33 heavy (non-hydrogen) atoms. The third kappa shape index (κ3) is 9.81. The first-order chi connectivity index (χ1) is 16.0. The second-order valence-electron chi connectivity index (χ2n) is 7.79. The summed E-state index contributed by atoms with van der Waals surface area (Å²) in [7, 11) is 1.66. The third-order valence-electron chi connectivity index (χ3n) is 5.17. The number of benzene rings is 2. The van der Waals surface area contributed by atoms with Crippen LogP contribution < -0.4 is 14.2 Å². The molecule has 0 aromatic heterocycles. The number of allylic oxidation sites excluding steroid dienone is 1. The third-order valence-corrected chi connectivity index (χ3v) is 5.17. The highest BCUT2D eigenvalue weighted by Gasteiger charge is 2.15. The minimum absolute atomic E-state index is 0.0744. The van der Waals surface area contributed by atoms with Gasteiger partial charge in [0, 0.05) is 18.4 Å². The van der Waals surface area contributed by atoms with Crippen LogP contribution in [0.4, 0.5) is 0 Å². The molecule has 0 aliphatic rings. The number of carboxylic acids is 1. The molecule has 0 amide bonds. The maximum Gasteiger partial charge on any atom is 0.311 e. The molecule has 6 heteroatoms. The molecule has 0 aliphatic carbocycles. The van der Waals surface area contributed by atoms with Gasteiger partial charge in [-0.15, -0.1) is 0 Å². The molecule has 2 aromatic rings. The molecule has 178 valence electrons. The Hall–Kier alpha value is -3.28. The Balaban J connectivity index is 1.88. The van der Waals surface area contributed by atoms with Crippen LogP contribution in [0.15, 0.2) is 54.8 Å². The van der Waals surface area contributed by atoms with Gasteiger partial charge in [-0.05, 0) is 74.4 Å². The molecule has 0 fully saturated rings. The van der Waals surface area contributed by atoms with E-state index in [0.29, 0.717) is 23.5 Å². The van der Waals surface area contributed by atoms with Crippen LogP contribution in [-0.2, 0) is 22.4 Å². The Bertz CT molecular complexity index is 901. The molecular formula is C27H34O6. The summed E-state index contributed by atoms with van der Waals surface area (Å²) in [4.78, 5) is 23.2. The van der Waals surface area contributed by atoms with Crippen molar-refractivity contribution in [3.63, 3.8) is 0 Å². The second kappa shape index (κ2) is 14.7. The number of ether oxygens (including phenoxy) is 3. The number of carboxylic acid groups (broad SMARTS) is 1. The first-order valence-electron chi connectivity index (χ1n) is 11.5. The lowest BCUT2D eigenvalue weighted by Gasteiger charge is -2.13. The molecule has 0 radical (unpaired) electrons. The maximum atomic E-state index is 12.1. The SMILES string of the molecule is CCCCC(=O)Oc1cccc(OC=CCCCCc2ccc(OC)cc2)c1CCC(=O)O. The number of aliphatic carboxylic acids is 1. The summed E-state index contributed by atoms with van der Waals surface area (Å²) in [6.45, 7) is 2.01. The number of unbranched alkanes of at least 4 members (excludes halogenated alkanes) is 3. The average molecular weight is 455 g/mol. The van der Waals surface area contributed by atoms with Crippen molar-refractivity contribution in [2.75, 3.05) is 7.11 Å². The van der Waals surface area contributed by atoms with Crippen LogP contribution >= 0.6 is 0 Å². The topological polar surface area (TPSA) is 82.1 Å². The lowest BCUT2D eigenvalue weighted by Crippen LogP contribution is -2.10. The molecule has 0 atom stereocenters. The van der Waals surface area contributed by atoms with Gasteiger partial charge < -0.3 is 19.3 Å². The van der Waals surface area contributed by atoms with E-state index in [1.807, 2.05) is 25.1 Å². The summed E-state index contributed by atoms with van der Waals surface area (Å²) in [5.41, 5.74) is 1.87. The van der Waals surface area contributed by atoms with Crippen molar-refractivity contribution in [1.29, 1.82) is 0 Å². The summed E-state index contributed by atoms with van der Waals surface area (Å²) in [5.74, 6) is 0.495. The van der Waals surface area contributed by atoms with Gasteiger partial charge in [-0.25, -0.2) is 0 Å². The maximum absolute atomic E-state index is 12.1. The fourth-order valence-corrected chi connectivity index (χ4v) is 3.30. The number of methoxy groups -OCH3 is 1. The van der Waals surface area contributed by atoms with Crippen LogP contribution in [0.5, 0.6) is 17.2 Å². The fourth-order valence-electron chi connectivity index (χ4n) is 3.30. The molecule has 2 rings (SSSR count). The largest absolute Gasteiger partial charge is 0.497 e. The summed E-state index contributed by atoms with van der Waals surface area (Å²) in [5, 5.41) is 9.09. The highest BCUT2D eigenvalue weighted by molar-refractivity contribution is 5.73. The zero-order chi connectivity index (χ0) is 23.9. The molecule has 0 aliphatic heterocycles. The van der Waals surface area contributed by atoms with Gasteiger partial charge >= 0.3 is 11.9 Å². The number of aryl methyl sites for hydroxylation is 1. The molecular weight excluding hydrogens is 420 g/mol. The van der Waals surface area contributed by atoms with Gasteiger partial charge in [-0.1, -0.05) is 31.5 Å². The normalized spacial score (nSPS) is 10.8. The van der Waals surface area contributed by atoms with Gasteiger partial charge in [0.2, 0.25) is 0 Å². The average Bonchev–Trinajstić information content (AvgIpc) is 2.81. The molecule has 0 unspecified atom stereocenters. The molecule has 0 saturated heterocycles. The van der Waals surface area contributed by atoms with Crippen LogP contribution in [0, 0.1) is 0 Å². The molecule has 0 bridgehead atoms. The Labute approximate surface area is 196 Å². The lowest BCUT2D eigenvalue weighted by molar-refractivity contribution is -0.137. The second-order valence-corrected chi connectivity index (χ2v) is 7.79. The van der Waals surface area contributed by atoms with E-state index in [-0.39, 0.29) is 18.8 Å². The number of rotatable bonds is 15. The summed E-state index contributed by atoms with van der Waals surface area (Å²) < 4.78 is 16.5. The number of carbonyl (C=O) groups excluding carboxylic acids is 1. The standard InChI is InChI=1S/C27H34O6/c1-3-4-13-27(30)33-25-12-9-11-24(23(25)18-19-26(28)29)32-20-8-6-5-7-10-21-14-16-22(31-2)17-15-21/h8-9,11-12,14-17,20H,3-7,10,13,18-19H2,1-2H3,(H,28,29). The van der Waals surface area contributed by atoms with Gasteiger partial charge in [0.05, 0.1) is 13.4 Å². The predicted octanol–water partition coefficient (Wildman–Crippen LogP) is 6.11. The fraction of sp³-hybridized carbons (Fsp3) is 0.407. The quantitative estimate of drug-likeness (QED) is 0.151. The summed E-state index contributed by atoms with van der Waals surface area (Å²) in [6.07, 6.45) is 9.65. The van der Waals surface area contributed by atoms with Crippen LogP contribution in [0.2, 0.25) is 0 Å². The Morgan fingerprint density at radius 1 is 0.939 bits per heavy atom. The van der Waals surface area contributed by atoms with E-state index < -0.39 is 5.97 Å². The van der Waals surface area contributed by atoms with Crippen molar-refractivity contribution in [3.05, 3.63) is 65.9 Å². The number of esters is 1. The first kappa shape index (κ1) is 26.0. The Kier molecular flexibility index (Phi) is 11.6. The van der Waals surface area contributed by atoms with Gasteiger partial charge in [-0.3, -0.25) is 9.59 Å². The van der Waals surface area contributed by atoms with E-state index in [0.717, 1.165) is 44.3 Å². The van der Waals surface area contributed by atoms with Crippen molar-refractivity contribution >= 4 is 11.9 Å². The Morgan fingerprint density at radius 3 is 2.39 bits per heavy atom. The minimum Gasteiger partial charge on any atom is -0.497 e. The number of carbonyl (C=O) groups is 2. The van der Waals surface area contributed by atoms with Gasteiger partial charge in [0.1, 0.15) is 17.2 Å². The molecule has 2 aromatic carbocycles. The molecule has 0 spiro atoms. The highest BCUT2D eigenvalue weighted by atomic mass is 16.5. The van der Waals surface area contributed by atoms with E-state index in [1.54, 1.807) is 31.6 Å². The monoisotopic (exact) mass is 454 g/mol. The Morgan fingerprint density at radius 2 is 1.70 bits per heavy atom. The van der Waals surface area contributed by atoms with E-state index in [1.165, 1.54) is 5.56 Å². The van der Waals surface area contributed by atoms with E-state index >= 15 is 0 Å². The highest BCUT2D eigenvalue weighted by Crippen LogP contribution is 2.30. The van der Waals surface area contributed by atoms with Crippen LogP contribution in [0.3, 0.4) is 0 Å². The zero-order valence-corrected chi connectivity index (χ0v) is 19.5. The van der Waals surface area contributed by atoms with Crippen molar-refractivity contribution in [3.8, 4) is 17.2 Å². The zero-order valence-electron chi connectivity index (χ0n) is 19.5. The number of hydrogen-bond donors (Lipinski definition) is 1. The van der Waals surface area contributed by atoms with Crippen molar-refractivity contribution in [1.82, 2.24) is 0 Å². The van der Waals surface area contributed by atoms with Crippen LogP contribution in [0.25, 0.3) is 0 Å². The van der Waals surface area contributed by atoms with Crippen molar-refractivity contribution in [2.45, 2.75) is 64.7 Å². The smallest absolute Gasteiger partial charge is 0.311 e.